The highest BCUT2D eigenvalue weighted by molar-refractivity contribution is 6.02. The van der Waals surface area contributed by atoms with Gasteiger partial charge >= 0.3 is 5.97 Å². The van der Waals surface area contributed by atoms with Crippen LogP contribution in [0, 0.1) is 11.3 Å². The van der Waals surface area contributed by atoms with Crippen LogP contribution in [0.3, 0.4) is 0 Å². The Labute approximate surface area is 178 Å². The van der Waals surface area contributed by atoms with Gasteiger partial charge in [0.15, 0.2) is 11.5 Å². The molecule has 8 heteroatoms. The molecule has 0 spiro atoms. The van der Waals surface area contributed by atoms with Gasteiger partial charge in [0.2, 0.25) is 0 Å². The fraction of sp³-hybridized carbons (Fsp3) is 0.130. The second-order valence-electron chi connectivity index (χ2n) is 6.53. The van der Waals surface area contributed by atoms with Crippen molar-refractivity contribution in [1.29, 1.82) is 5.26 Å². The molecule has 0 unspecified atom stereocenters. The third kappa shape index (κ3) is 3.76. The van der Waals surface area contributed by atoms with Gasteiger partial charge in [-0.1, -0.05) is 18.2 Å². The van der Waals surface area contributed by atoms with Crippen LogP contribution in [0.2, 0.25) is 0 Å². The molecule has 4 aromatic rings. The molecule has 0 atom stereocenters. The lowest BCUT2D eigenvalue weighted by molar-refractivity contribution is 0.0529. The zero-order chi connectivity index (χ0) is 21.8. The van der Waals surface area contributed by atoms with Gasteiger partial charge in [-0.2, -0.15) is 5.26 Å². The zero-order valence-electron chi connectivity index (χ0n) is 17.0. The Morgan fingerprint density at radius 2 is 1.90 bits per heavy atom. The summed E-state index contributed by atoms with van der Waals surface area (Å²) in [7, 11) is 1.58. The van der Waals surface area contributed by atoms with E-state index in [0.29, 0.717) is 28.5 Å². The molecule has 0 saturated carbocycles. The third-order valence-corrected chi connectivity index (χ3v) is 4.64. The predicted molar refractivity (Wildman–Crippen MR) is 115 cm³/mol. The first-order chi connectivity index (χ1) is 15.2. The molecule has 0 aliphatic carbocycles. The molecule has 0 bridgehead atoms. The monoisotopic (exact) mass is 413 g/mol. The lowest BCUT2D eigenvalue weighted by Crippen LogP contribution is -2.08. The highest BCUT2D eigenvalue weighted by Crippen LogP contribution is 2.30. The first-order valence-corrected chi connectivity index (χ1v) is 9.61. The predicted octanol–water partition coefficient (Wildman–Crippen LogP) is 4.20. The van der Waals surface area contributed by atoms with E-state index >= 15 is 0 Å². The fourth-order valence-electron chi connectivity index (χ4n) is 3.23. The number of nitriles is 1. The van der Waals surface area contributed by atoms with E-state index in [2.05, 4.69) is 21.5 Å². The Morgan fingerprint density at radius 1 is 1.16 bits per heavy atom. The second-order valence-corrected chi connectivity index (χ2v) is 6.53. The normalized spacial score (nSPS) is 10.5. The maximum atomic E-state index is 12.8. The van der Waals surface area contributed by atoms with E-state index in [1.165, 1.54) is 10.7 Å². The van der Waals surface area contributed by atoms with E-state index in [0.717, 1.165) is 11.3 Å². The lowest BCUT2D eigenvalue weighted by Gasteiger charge is -2.08. The lowest BCUT2D eigenvalue weighted by atomic mass is 10.1. The number of nitrogens with zero attached hydrogens (tertiary/aromatic N) is 4. The number of carbonyl (C=O) groups is 1. The summed E-state index contributed by atoms with van der Waals surface area (Å²) in [6, 6.07) is 18.7. The summed E-state index contributed by atoms with van der Waals surface area (Å²) in [5.74, 6) is 0.433. The number of para-hydroxylation sites is 1. The number of rotatable bonds is 6. The Hall–Kier alpha value is -4.38. The first-order valence-electron chi connectivity index (χ1n) is 9.61. The number of anilines is 2. The molecule has 0 amide bonds. The number of carbonyl (C=O) groups excluding carboxylic acids is 1. The molecule has 4 rings (SSSR count). The van der Waals surface area contributed by atoms with Crippen LogP contribution < -0.4 is 10.1 Å². The van der Waals surface area contributed by atoms with Crippen LogP contribution in [0.1, 0.15) is 22.8 Å². The van der Waals surface area contributed by atoms with E-state index in [1.54, 1.807) is 26.2 Å². The fourth-order valence-corrected chi connectivity index (χ4v) is 3.23. The second kappa shape index (κ2) is 8.55. The molecule has 2 heterocycles. The average molecular weight is 413 g/mol. The van der Waals surface area contributed by atoms with E-state index < -0.39 is 5.97 Å². The SMILES string of the molecule is CCOC(=O)c1c(Nc2ccccc2)nn2c(-c3ccc(OC)cc3)c(C#N)cnc12. The zero-order valence-corrected chi connectivity index (χ0v) is 17.0. The number of hydrogen-bond donors (Lipinski definition) is 1. The first kappa shape index (κ1) is 19.9. The molecule has 8 nitrogen and oxygen atoms in total. The van der Waals surface area contributed by atoms with Crippen molar-refractivity contribution in [3.05, 3.63) is 71.9 Å². The minimum Gasteiger partial charge on any atom is -0.497 e. The van der Waals surface area contributed by atoms with Crippen LogP contribution in [0.5, 0.6) is 5.75 Å². The van der Waals surface area contributed by atoms with E-state index in [4.69, 9.17) is 9.47 Å². The quantitative estimate of drug-likeness (QED) is 0.473. The standard InChI is InChI=1S/C23H19N5O3/c1-3-31-23(29)19-21(26-17-7-5-4-6-8-17)27-28-20(16(13-24)14-25-22(19)28)15-9-11-18(30-2)12-10-15/h4-12,14H,3H2,1-2H3,(H,26,27). The van der Waals surface area contributed by atoms with Crippen molar-refractivity contribution in [3.8, 4) is 23.1 Å². The molecule has 0 radical (unpaired) electrons. The maximum absolute atomic E-state index is 12.8. The van der Waals surface area contributed by atoms with Gasteiger partial charge in [0, 0.05) is 17.4 Å². The van der Waals surface area contributed by atoms with Crippen LogP contribution in [0.25, 0.3) is 16.9 Å². The minimum atomic E-state index is -0.547. The maximum Gasteiger partial charge on any atom is 0.345 e. The molecule has 31 heavy (non-hydrogen) atoms. The van der Waals surface area contributed by atoms with Crippen LogP contribution in [0.4, 0.5) is 11.5 Å². The molecule has 2 aromatic carbocycles. The summed E-state index contributed by atoms with van der Waals surface area (Å²) in [5, 5.41) is 17.4. The Balaban J connectivity index is 1.96. The van der Waals surface area contributed by atoms with Crippen LogP contribution in [-0.4, -0.2) is 34.3 Å². The Bertz CT molecular complexity index is 1270. The highest BCUT2D eigenvalue weighted by atomic mass is 16.5. The summed E-state index contributed by atoms with van der Waals surface area (Å²) < 4.78 is 12.0. The topological polar surface area (TPSA) is 102 Å². The summed E-state index contributed by atoms with van der Waals surface area (Å²) in [5.41, 5.74) is 2.81. The van der Waals surface area contributed by atoms with Gasteiger partial charge in [-0.05, 0) is 43.3 Å². The van der Waals surface area contributed by atoms with Gasteiger partial charge in [-0.3, -0.25) is 0 Å². The molecular formula is C23H19N5O3. The number of methoxy groups -OCH3 is 1. The van der Waals surface area contributed by atoms with Gasteiger partial charge in [0.25, 0.3) is 0 Å². The molecule has 0 fully saturated rings. The van der Waals surface area contributed by atoms with Crippen molar-refractivity contribution in [2.75, 3.05) is 19.0 Å². The van der Waals surface area contributed by atoms with E-state index in [9.17, 15) is 10.1 Å². The molecule has 154 valence electrons. The smallest absolute Gasteiger partial charge is 0.345 e. The van der Waals surface area contributed by atoms with Crippen molar-refractivity contribution in [1.82, 2.24) is 14.6 Å². The number of benzene rings is 2. The summed E-state index contributed by atoms with van der Waals surface area (Å²) in [6.45, 7) is 1.94. The number of esters is 1. The highest BCUT2D eigenvalue weighted by Gasteiger charge is 2.25. The van der Waals surface area contributed by atoms with Gasteiger partial charge in [-0.25, -0.2) is 14.3 Å². The van der Waals surface area contributed by atoms with Crippen molar-refractivity contribution < 1.29 is 14.3 Å². The summed E-state index contributed by atoms with van der Waals surface area (Å²) in [6.07, 6.45) is 1.44. The van der Waals surface area contributed by atoms with Crippen molar-refractivity contribution in [3.63, 3.8) is 0 Å². The van der Waals surface area contributed by atoms with Crippen molar-refractivity contribution >= 4 is 23.1 Å². The van der Waals surface area contributed by atoms with Crippen LogP contribution in [0.15, 0.2) is 60.8 Å². The van der Waals surface area contributed by atoms with E-state index in [1.807, 2.05) is 42.5 Å². The van der Waals surface area contributed by atoms with Crippen molar-refractivity contribution in [2.24, 2.45) is 0 Å². The Kier molecular flexibility index (Phi) is 5.49. The summed E-state index contributed by atoms with van der Waals surface area (Å²) in [4.78, 5) is 17.1. The number of aromatic nitrogens is 3. The van der Waals surface area contributed by atoms with E-state index in [-0.39, 0.29) is 12.2 Å². The van der Waals surface area contributed by atoms with Crippen LogP contribution >= 0.6 is 0 Å². The number of nitrogens with one attached hydrogen (secondary N) is 1. The van der Waals surface area contributed by atoms with Crippen molar-refractivity contribution in [2.45, 2.75) is 6.92 Å². The number of ether oxygens (including phenoxy) is 2. The molecule has 2 aromatic heterocycles. The van der Waals surface area contributed by atoms with Gasteiger partial charge in [0.1, 0.15) is 17.4 Å². The third-order valence-electron chi connectivity index (χ3n) is 4.64. The average Bonchev–Trinajstić information content (AvgIpc) is 3.17. The molecule has 0 saturated heterocycles. The molecule has 0 aliphatic heterocycles. The molecule has 1 N–H and O–H groups in total. The summed E-state index contributed by atoms with van der Waals surface area (Å²) >= 11 is 0. The minimum absolute atomic E-state index is 0.199. The van der Waals surface area contributed by atoms with Gasteiger partial charge in [-0.15, -0.1) is 5.10 Å². The molecule has 0 aliphatic rings. The van der Waals surface area contributed by atoms with Crippen LogP contribution in [-0.2, 0) is 4.74 Å². The number of hydrogen-bond acceptors (Lipinski definition) is 7. The van der Waals surface area contributed by atoms with Gasteiger partial charge < -0.3 is 14.8 Å². The van der Waals surface area contributed by atoms with Gasteiger partial charge in [0.05, 0.1) is 25.0 Å². The molecular weight excluding hydrogens is 394 g/mol. The number of fused-ring (bicyclic) bond motifs is 1. The Morgan fingerprint density at radius 3 is 2.55 bits per heavy atom. The largest absolute Gasteiger partial charge is 0.497 e.